The van der Waals surface area contributed by atoms with Crippen molar-refractivity contribution in [1.29, 1.82) is 0 Å². The van der Waals surface area contributed by atoms with Gasteiger partial charge in [0.05, 0.1) is 5.92 Å². The van der Waals surface area contributed by atoms with E-state index < -0.39 is 5.97 Å². The van der Waals surface area contributed by atoms with Gasteiger partial charge >= 0.3 is 5.97 Å². The molecule has 1 atom stereocenters. The van der Waals surface area contributed by atoms with Gasteiger partial charge in [-0.25, -0.2) is 0 Å². The number of nitrogens with one attached hydrogen (secondary N) is 1. The molecule has 0 amide bonds. The predicted molar refractivity (Wildman–Crippen MR) is 70.8 cm³/mol. The maximum Gasteiger partial charge on any atom is 0.307 e. The highest BCUT2D eigenvalue weighted by Crippen LogP contribution is 2.24. The largest absolute Gasteiger partial charge is 0.481 e. The first-order valence-corrected chi connectivity index (χ1v) is 6.37. The Balaban J connectivity index is 2.49. The van der Waals surface area contributed by atoms with Crippen LogP contribution in [0.5, 0.6) is 0 Å². The fourth-order valence-corrected chi connectivity index (χ4v) is 1.85. The summed E-state index contributed by atoms with van der Waals surface area (Å²) in [6.07, 6.45) is 0.641. The zero-order valence-electron chi connectivity index (χ0n) is 11.6. The van der Waals surface area contributed by atoms with Crippen LogP contribution in [0.3, 0.4) is 0 Å². The van der Waals surface area contributed by atoms with E-state index in [2.05, 4.69) is 19.2 Å². The third kappa shape index (κ3) is 3.88. The average molecular weight is 253 g/mol. The van der Waals surface area contributed by atoms with Gasteiger partial charge in [0.15, 0.2) is 0 Å². The Morgan fingerprint density at radius 3 is 2.61 bits per heavy atom. The van der Waals surface area contributed by atoms with E-state index in [9.17, 15) is 4.79 Å². The van der Waals surface area contributed by atoms with Gasteiger partial charge in [0.25, 0.3) is 0 Å². The van der Waals surface area contributed by atoms with Crippen LogP contribution in [0.25, 0.3) is 0 Å². The van der Waals surface area contributed by atoms with Crippen molar-refractivity contribution in [1.82, 2.24) is 5.32 Å². The highest BCUT2D eigenvalue weighted by atomic mass is 16.4. The topological polar surface area (TPSA) is 62.5 Å². The van der Waals surface area contributed by atoms with Crippen molar-refractivity contribution in [3.63, 3.8) is 0 Å². The van der Waals surface area contributed by atoms with E-state index in [1.165, 1.54) is 0 Å². The lowest BCUT2D eigenvalue weighted by Gasteiger charge is -2.23. The Labute approximate surface area is 108 Å². The standard InChI is InChI=1S/C14H23NO3/c1-5-11(13(16)17)8-15-9-14(3,4)12-7-6-10(2)18-12/h6-7,11,15H,5,8-9H2,1-4H3,(H,16,17). The lowest BCUT2D eigenvalue weighted by atomic mass is 9.90. The van der Waals surface area contributed by atoms with Crippen LogP contribution in [0.2, 0.25) is 0 Å². The second-order valence-corrected chi connectivity index (χ2v) is 5.37. The molecule has 0 radical (unpaired) electrons. The molecule has 4 nitrogen and oxygen atoms in total. The van der Waals surface area contributed by atoms with E-state index in [4.69, 9.17) is 9.52 Å². The van der Waals surface area contributed by atoms with E-state index in [-0.39, 0.29) is 11.3 Å². The number of carbonyl (C=O) groups is 1. The summed E-state index contributed by atoms with van der Waals surface area (Å²) >= 11 is 0. The van der Waals surface area contributed by atoms with E-state index in [1.807, 2.05) is 26.0 Å². The summed E-state index contributed by atoms with van der Waals surface area (Å²) in [6, 6.07) is 3.93. The molecule has 1 unspecified atom stereocenters. The van der Waals surface area contributed by atoms with E-state index >= 15 is 0 Å². The third-order valence-electron chi connectivity index (χ3n) is 3.21. The average Bonchev–Trinajstić information content (AvgIpc) is 2.71. The van der Waals surface area contributed by atoms with Crippen LogP contribution in [0.15, 0.2) is 16.5 Å². The number of aliphatic carboxylic acids is 1. The van der Waals surface area contributed by atoms with Gasteiger partial charge in [0, 0.05) is 18.5 Å². The van der Waals surface area contributed by atoms with Gasteiger partial charge in [-0.1, -0.05) is 20.8 Å². The first-order chi connectivity index (χ1) is 8.36. The summed E-state index contributed by atoms with van der Waals surface area (Å²) in [5.41, 5.74) is -0.134. The maximum absolute atomic E-state index is 10.9. The molecule has 1 aromatic heterocycles. The molecular weight excluding hydrogens is 230 g/mol. The quantitative estimate of drug-likeness (QED) is 0.784. The van der Waals surface area contributed by atoms with Crippen molar-refractivity contribution in [3.8, 4) is 0 Å². The highest BCUT2D eigenvalue weighted by molar-refractivity contribution is 5.70. The van der Waals surface area contributed by atoms with Crippen molar-refractivity contribution < 1.29 is 14.3 Å². The number of aryl methyl sites for hydroxylation is 1. The molecule has 2 N–H and O–H groups in total. The van der Waals surface area contributed by atoms with Gasteiger partial charge in [0.2, 0.25) is 0 Å². The summed E-state index contributed by atoms with van der Waals surface area (Å²) in [6.45, 7) is 9.17. The molecular formula is C14H23NO3. The molecule has 0 saturated heterocycles. The van der Waals surface area contributed by atoms with Gasteiger partial charge in [-0.2, -0.15) is 0 Å². The van der Waals surface area contributed by atoms with Crippen LogP contribution in [0.4, 0.5) is 0 Å². The first kappa shape index (κ1) is 14.8. The Kier molecular flexibility index (Phi) is 4.96. The zero-order valence-corrected chi connectivity index (χ0v) is 11.6. The lowest BCUT2D eigenvalue weighted by molar-refractivity contribution is -0.141. The molecule has 0 bridgehead atoms. The number of carboxylic acids is 1. The first-order valence-electron chi connectivity index (χ1n) is 6.37. The van der Waals surface area contributed by atoms with Gasteiger partial charge in [-0.05, 0) is 25.5 Å². The van der Waals surface area contributed by atoms with Crippen molar-refractivity contribution in [3.05, 3.63) is 23.7 Å². The minimum atomic E-state index is -0.739. The zero-order chi connectivity index (χ0) is 13.8. The molecule has 1 aromatic rings. The van der Waals surface area contributed by atoms with Crippen LogP contribution < -0.4 is 5.32 Å². The molecule has 0 aliphatic heterocycles. The van der Waals surface area contributed by atoms with Crippen LogP contribution >= 0.6 is 0 Å². The predicted octanol–water partition coefficient (Wildman–Crippen LogP) is 2.57. The molecule has 0 aromatic carbocycles. The SMILES string of the molecule is CCC(CNCC(C)(C)c1ccc(C)o1)C(=O)O. The molecule has 0 spiro atoms. The fourth-order valence-electron chi connectivity index (χ4n) is 1.85. The van der Waals surface area contributed by atoms with Crippen molar-refractivity contribution in [2.45, 2.75) is 39.5 Å². The summed E-state index contributed by atoms with van der Waals surface area (Å²) in [5.74, 6) is 0.765. The molecule has 18 heavy (non-hydrogen) atoms. The van der Waals surface area contributed by atoms with Gasteiger partial charge in [-0.15, -0.1) is 0 Å². The van der Waals surface area contributed by atoms with Crippen molar-refractivity contribution >= 4 is 5.97 Å². The molecule has 0 aliphatic carbocycles. The second kappa shape index (κ2) is 6.05. The van der Waals surface area contributed by atoms with Crippen molar-refractivity contribution in [2.24, 2.45) is 5.92 Å². The minimum Gasteiger partial charge on any atom is -0.481 e. The second-order valence-electron chi connectivity index (χ2n) is 5.37. The van der Waals surface area contributed by atoms with Crippen LogP contribution in [-0.2, 0) is 10.2 Å². The molecule has 1 heterocycles. The van der Waals surface area contributed by atoms with Crippen LogP contribution in [-0.4, -0.2) is 24.2 Å². The molecule has 0 aliphatic rings. The number of rotatable bonds is 7. The highest BCUT2D eigenvalue weighted by Gasteiger charge is 2.24. The Bertz CT molecular complexity index is 395. The minimum absolute atomic E-state index is 0.134. The fraction of sp³-hybridized carbons (Fsp3) is 0.643. The van der Waals surface area contributed by atoms with Gasteiger partial charge in [-0.3, -0.25) is 4.79 Å². The molecule has 4 heteroatoms. The Morgan fingerprint density at radius 2 is 2.17 bits per heavy atom. The van der Waals surface area contributed by atoms with Crippen LogP contribution in [0.1, 0.15) is 38.7 Å². The van der Waals surface area contributed by atoms with Gasteiger partial charge in [0.1, 0.15) is 11.5 Å². The number of hydrogen-bond acceptors (Lipinski definition) is 3. The van der Waals surface area contributed by atoms with Crippen LogP contribution in [0, 0.1) is 12.8 Å². The monoisotopic (exact) mass is 253 g/mol. The molecule has 1 rings (SSSR count). The number of hydrogen-bond donors (Lipinski definition) is 2. The lowest BCUT2D eigenvalue weighted by Crippen LogP contribution is -2.37. The molecule has 102 valence electrons. The summed E-state index contributed by atoms with van der Waals surface area (Å²) in [4.78, 5) is 10.9. The van der Waals surface area contributed by atoms with E-state index in [0.29, 0.717) is 19.5 Å². The third-order valence-corrected chi connectivity index (χ3v) is 3.21. The summed E-state index contributed by atoms with van der Waals surface area (Å²) < 4.78 is 5.62. The van der Waals surface area contributed by atoms with Crippen molar-refractivity contribution in [2.75, 3.05) is 13.1 Å². The Hall–Kier alpha value is -1.29. The number of carboxylic acid groups (broad SMARTS) is 1. The maximum atomic E-state index is 10.9. The Morgan fingerprint density at radius 1 is 1.50 bits per heavy atom. The summed E-state index contributed by atoms with van der Waals surface area (Å²) in [7, 11) is 0. The smallest absolute Gasteiger partial charge is 0.307 e. The molecule has 0 fully saturated rings. The van der Waals surface area contributed by atoms with E-state index in [1.54, 1.807) is 0 Å². The van der Waals surface area contributed by atoms with E-state index in [0.717, 1.165) is 11.5 Å². The van der Waals surface area contributed by atoms with Gasteiger partial charge < -0.3 is 14.8 Å². The number of furan rings is 1. The summed E-state index contributed by atoms with van der Waals surface area (Å²) in [5, 5.41) is 12.2. The normalized spacial score (nSPS) is 13.6. The molecule has 0 saturated carbocycles.